The van der Waals surface area contributed by atoms with Gasteiger partial charge in [0, 0.05) is 30.7 Å². The third kappa shape index (κ3) is 2.48. The van der Waals surface area contributed by atoms with E-state index in [0.717, 1.165) is 16.4 Å². The van der Waals surface area contributed by atoms with Gasteiger partial charge in [0.05, 0.1) is 23.5 Å². The fourth-order valence-electron chi connectivity index (χ4n) is 3.25. The second-order valence-electron chi connectivity index (χ2n) is 6.47. The van der Waals surface area contributed by atoms with E-state index in [-0.39, 0.29) is 24.0 Å². The van der Waals surface area contributed by atoms with E-state index >= 15 is 0 Å². The Balaban J connectivity index is 2.24. The van der Waals surface area contributed by atoms with Crippen LogP contribution < -0.4 is 0 Å². The Hall–Kier alpha value is -2.36. The molecule has 0 aliphatic rings. The minimum absolute atomic E-state index is 0.0695. The van der Waals surface area contributed by atoms with Crippen LogP contribution in [-0.2, 0) is 7.05 Å². The first-order chi connectivity index (χ1) is 11.3. The van der Waals surface area contributed by atoms with Crippen LogP contribution in [0.5, 0.6) is 0 Å². The Bertz CT molecular complexity index is 919. The number of aromatic nitrogens is 2. The molecule has 23 heavy (non-hydrogen) atoms. The van der Waals surface area contributed by atoms with Crippen molar-refractivity contribution in [3.8, 4) is 0 Å². The molecule has 2 aromatic heterocycles. The largest absolute Gasteiger partial charge is 0.342 e. The van der Waals surface area contributed by atoms with Gasteiger partial charge >= 0.3 is 0 Å². The van der Waals surface area contributed by atoms with Gasteiger partial charge in [0.2, 0.25) is 0 Å². The summed E-state index contributed by atoms with van der Waals surface area (Å²) >= 11 is 0. The zero-order chi connectivity index (χ0) is 17.6. The summed E-state index contributed by atoms with van der Waals surface area (Å²) in [5.41, 5.74) is 2.85. The lowest BCUT2D eigenvalue weighted by Gasteiger charge is -2.30. The predicted octanol–water partition coefficient (Wildman–Crippen LogP) is 3.99. The molecule has 0 bridgehead atoms. The number of rotatable bonds is 3. The maximum absolute atomic E-state index is 13.0. The molecule has 3 aromatic rings. The summed E-state index contributed by atoms with van der Waals surface area (Å²) in [6.07, 6.45) is 1.55. The van der Waals surface area contributed by atoms with Gasteiger partial charge < -0.3 is 9.47 Å². The first kappa shape index (κ1) is 14.2. The Morgan fingerprint density at radius 3 is 2.48 bits per heavy atom. The smallest absolute Gasteiger partial charge is 0.255 e. The Kier molecular flexibility index (Phi) is 3.52. The normalized spacial score (nSPS) is 12.4. The van der Waals surface area contributed by atoms with E-state index in [2.05, 4.69) is 4.98 Å². The predicted molar refractivity (Wildman–Crippen MR) is 94.7 cm³/mol. The van der Waals surface area contributed by atoms with Crippen LogP contribution in [-0.4, -0.2) is 32.4 Å². The highest BCUT2D eigenvalue weighted by molar-refractivity contribution is 6.07. The van der Waals surface area contributed by atoms with Gasteiger partial charge in [-0.1, -0.05) is 18.2 Å². The third-order valence-electron chi connectivity index (χ3n) is 4.23. The highest BCUT2D eigenvalue weighted by atomic mass is 16.2. The maximum atomic E-state index is 13.0. The van der Waals surface area contributed by atoms with E-state index < -0.39 is 0 Å². The summed E-state index contributed by atoms with van der Waals surface area (Å²) in [6.45, 7) is 7.96. The Labute approximate surface area is 138 Å². The zero-order valence-corrected chi connectivity index (χ0v) is 14.3. The highest BCUT2D eigenvalue weighted by Gasteiger charge is 2.22. The molecule has 0 fully saturated rings. The second kappa shape index (κ2) is 5.69. The molecule has 3 rings (SSSR count). The van der Waals surface area contributed by atoms with Crippen molar-refractivity contribution in [2.75, 3.05) is 0 Å². The monoisotopic (exact) mass is 310 g/mol. The van der Waals surface area contributed by atoms with Crippen molar-refractivity contribution in [1.29, 1.82) is 0 Å². The molecule has 4 heteroatoms. The number of benzene rings is 1. The number of carbonyl (C=O) groups excluding carboxylic acids is 1. The lowest BCUT2D eigenvalue weighted by Crippen LogP contribution is -2.42. The number of hydrogen-bond donors (Lipinski definition) is 0. The van der Waals surface area contributed by atoms with Crippen molar-refractivity contribution in [2.45, 2.75) is 39.8 Å². The van der Waals surface area contributed by atoms with Gasteiger partial charge in [0.1, 0.15) is 0 Å². The standard InChI is InChI=1S/C19H23N3O/c1-12(2)22(13(3)4)19(23)14-10-17-18(20-11-14)15-8-6-7-9-16(15)21(17)5/h6-13H,1-5H3/i10D. The van der Waals surface area contributed by atoms with Crippen molar-refractivity contribution in [3.05, 3.63) is 42.1 Å². The second-order valence-corrected chi connectivity index (χ2v) is 6.47. The van der Waals surface area contributed by atoms with Crippen LogP contribution in [0.4, 0.5) is 0 Å². The lowest BCUT2D eigenvalue weighted by molar-refractivity contribution is 0.0643. The van der Waals surface area contributed by atoms with Gasteiger partial charge in [0.25, 0.3) is 5.91 Å². The molecule has 0 saturated heterocycles. The van der Waals surface area contributed by atoms with Crippen molar-refractivity contribution in [2.24, 2.45) is 7.05 Å². The molecule has 0 N–H and O–H groups in total. The van der Waals surface area contributed by atoms with Gasteiger partial charge in [-0.25, -0.2) is 0 Å². The summed E-state index contributed by atoms with van der Waals surface area (Å²) in [6, 6.07) is 8.32. The summed E-state index contributed by atoms with van der Waals surface area (Å²) in [7, 11) is 1.92. The Morgan fingerprint density at radius 2 is 1.83 bits per heavy atom. The van der Waals surface area contributed by atoms with E-state index in [1.807, 2.05) is 63.6 Å². The number of carbonyl (C=O) groups is 1. The van der Waals surface area contributed by atoms with Gasteiger partial charge in [-0.05, 0) is 39.8 Å². The average Bonchev–Trinajstić information content (AvgIpc) is 2.81. The number of para-hydroxylation sites is 1. The van der Waals surface area contributed by atoms with E-state index in [4.69, 9.17) is 1.37 Å². The highest BCUT2D eigenvalue weighted by Crippen LogP contribution is 2.27. The molecule has 1 aromatic carbocycles. The van der Waals surface area contributed by atoms with Crippen molar-refractivity contribution < 1.29 is 6.17 Å². The molecule has 0 radical (unpaired) electrons. The molecule has 2 heterocycles. The molecule has 4 nitrogen and oxygen atoms in total. The lowest BCUT2D eigenvalue weighted by atomic mass is 10.1. The number of aryl methyl sites for hydroxylation is 1. The van der Waals surface area contributed by atoms with Crippen LogP contribution >= 0.6 is 0 Å². The van der Waals surface area contributed by atoms with Crippen LogP contribution in [0.15, 0.2) is 36.5 Å². The first-order valence-corrected chi connectivity index (χ1v) is 8.00. The topological polar surface area (TPSA) is 38.1 Å². The summed E-state index contributed by atoms with van der Waals surface area (Å²) in [4.78, 5) is 19.3. The number of pyridine rings is 1. The van der Waals surface area contributed by atoms with Gasteiger partial charge in [-0.15, -0.1) is 0 Å². The molecule has 0 spiro atoms. The molecule has 0 saturated carbocycles. The van der Waals surface area contributed by atoms with Crippen LogP contribution in [0.1, 0.15) is 39.4 Å². The van der Waals surface area contributed by atoms with Crippen LogP contribution in [0.2, 0.25) is 0 Å². The van der Waals surface area contributed by atoms with Crippen LogP contribution in [0.3, 0.4) is 0 Å². The minimum Gasteiger partial charge on any atom is -0.342 e. The fraction of sp³-hybridized carbons (Fsp3) is 0.368. The van der Waals surface area contributed by atoms with Gasteiger partial charge in [-0.2, -0.15) is 0 Å². The molecule has 0 unspecified atom stereocenters. The van der Waals surface area contributed by atoms with E-state index in [1.54, 1.807) is 11.1 Å². The average molecular weight is 310 g/mol. The number of hydrogen-bond acceptors (Lipinski definition) is 2. The SMILES string of the molecule is [2H]c1c(C(=O)N(C(C)C)C(C)C)cnc2c3ccccc3n(C)c12. The molecular formula is C19H23N3O. The summed E-state index contributed by atoms with van der Waals surface area (Å²) < 4.78 is 10.6. The fourth-order valence-corrected chi connectivity index (χ4v) is 3.25. The Morgan fingerprint density at radius 1 is 1.17 bits per heavy atom. The number of amides is 1. The maximum Gasteiger partial charge on any atom is 0.255 e. The summed E-state index contributed by atoms with van der Waals surface area (Å²) in [5.74, 6) is -0.135. The molecule has 0 aliphatic heterocycles. The van der Waals surface area contributed by atoms with Crippen molar-refractivity contribution >= 4 is 27.8 Å². The quantitative estimate of drug-likeness (QED) is 0.734. The summed E-state index contributed by atoms with van der Waals surface area (Å²) in [5, 5.41) is 1.01. The molecule has 0 atom stereocenters. The first-order valence-electron chi connectivity index (χ1n) is 8.50. The van der Waals surface area contributed by atoms with Crippen LogP contribution in [0, 0.1) is 0 Å². The zero-order valence-electron chi connectivity index (χ0n) is 15.3. The minimum atomic E-state index is -0.135. The third-order valence-corrected chi connectivity index (χ3v) is 4.23. The molecular weight excluding hydrogens is 286 g/mol. The van der Waals surface area contributed by atoms with Crippen molar-refractivity contribution in [1.82, 2.24) is 14.5 Å². The van der Waals surface area contributed by atoms with Gasteiger partial charge in [-0.3, -0.25) is 9.78 Å². The number of fused-ring (bicyclic) bond motifs is 3. The van der Waals surface area contributed by atoms with E-state index in [9.17, 15) is 4.79 Å². The van der Waals surface area contributed by atoms with Crippen LogP contribution in [0.25, 0.3) is 21.9 Å². The molecule has 120 valence electrons. The molecule has 0 aliphatic carbocycles. The number of nitrogens with zero attached hydrogens (tertiary/aromatic N) is 3. The molecule has 1 amide bonds. The van der Waals surface area contributed by atoms with Crippen molar-refractivity contribution in [3.63, 3.8) is 0 Å². The van der Waals surface area contributed by atoms with E-state index in [1.165, 1.54) is 0 Å². The van der Waals surface area contributed by atoms with E-state index in [0.29, 0.717) is 11.1 Å². The van der Waals surface area contributed by atoms with Gasteiger partial charge in [0.15, 0.2) is 0 Å².